The van der Waals surface area contributed by atoms with Crippen LogP contribution in [0, 0.1) is 0 Å². The van der Waals surface area contributed by atoms with Crippen LogP contribution < -0.4 is 10.1 Å². The lowest BCUT2D eigenvalue weighted by atomic mass is 10.2. The van der Waals surface area contributed by atoms with Gasteiger partial charge in [-0.05, 0) is 48.9 Å². The first-order chi connectivity index (χ1) is 14.2. The molecule has 1 aromatic heterocycles. The molecule has 0 saturated heterocycles. The number of anilines is 1. The van der Waals surface area contributed by atoms with Gasteiger partial charge >= 0.3 is 0 Å². The number of carbonyl (C=O) groups is 1. The van der Waals surface area contributed by atoms with E-state index in [9.17, 15) is 4.79 Å². The summed E-state index contributed by atoms with van der Waals surface area (Å²) in [5.41, 5.74) is 3.32. The third-order valence-corrected chi connectivity index (χ3v) is 5.24. The van der Waals surface area contributed by atoms with Crippen molar-refractivity contribution >= 4 is 34.5 Å². The van der Waals surface area contributed by atoms with Crippen molar-refractivity contribution in [1.82, 2.24) is 4.98 Å². The lowest BCUT2D eigenvalue weighted by Crippen LogP contribution is -2.22. The molecule has 29 heavy (non-hydrogen) atoms. The molecule has 0 bridgehead atoms. The van der Waals surface area contributed by atoms with E-state index >= 15 is 0 Å². The minimum Gasteiger partial charge on any atom is -0.489 e. The molecule has 6 heteroatoms. The van der Waals surface area contributed by atoms with Crippen LogP contribution in [0.5, 0.6) is 5.75 Å². The number of para-hydroxylation sites is 2. The molecule has 5 nitrogen and oxygen atoms in total. The summed E-state index contributed by atoms with van der Waals surface area (Å²) in [5.74, 6) is 0.635. The SMILES string of the molecule is C[C@H](Sc1nc2ccccc2o1)C(=O)Nc1ccc(OCc2ccccc2)cc1. The lowest BCUT2D eigenvalue weighted by Gasteiger charge is -2.11. The average Bonchev–Trinajstić information content (AvgIpc) is 3.16. The minimum absolute atomic E-state index is 0.116. The number of amides is 1. The van der Waals surface area contributed by atoms with Crippen molar-refractivity contribution in [1.29, 1.82) is 0 Å². The number of ether oxygens (including phenoxy) is 1. The van der Waals surface area contributed by atoms with Crippen LogP contribution in [0.15, 0.2) is 88.5 Å². The lowest BCUT2D eigenvalue weighted by molar-refractivity contribution is -0.115. The number of benzene rings is 3. The van der Waals surface area contributed by atoms with E-state index in [1.807, 2.05) is 85.8 Å². The maximum atomic E-state index is 12.5. The van der Waals surface area contributed by atoms with Gasteiger partial charge in [-0.1, -0.05) is 54.2 Å². The van der Waals surface area contributed by atoms with E-state index in [1.165, 1.54) is 11.8 Å². The average molecular weight is 404 g/mol. The number of aromatic nitrogens is 1. The van der Waals surface area contributed by atoms with Gasteiger partial charge in [0.15, 0.2) is 5.58 Å². The molecule has 0 spiro atoms. The van der Waals surface area contributed by atoms with Gasteiger partial charge in [0.2, 0.25) is 5.91 Å². The van der Waals surface area contributed by atoms with Crippen LogP contribution in [0.4, 0.5) is 5.69 Å². The fraction of sp³-hybridized carbons (Fsp3) is 0.130. The number of rotatable bonds is 7. The van der Waals surface area contributed by atoms with Crippen molar-refractivity contribution in [3.63, 3.8) is 0 Å². The first-order valence-corrected chi connectivity index (χ1v) is 10.2. The zero-order valence-electron chi connectivity index (χ0n) is 15.9. The molecule has 1 atom stereocenters. The summed E-state index contributed by atoms with van der Waals surface area (Å²) in [4.78, 5) is 16.9. The van der Waals surface area contributed by atoms with Crippen molar-refractivity contribution in [2.75, 3.05) is 5.32 Å². The Morgan fingerprint density at radius 1 is 1.03 bits per heavy atom. The van der Waals surface area contributed by atoms with Crippen molar-refractivity contribution in [3.05, 3.63) is 84.4 Å². The minimum atomic E-state index is -0.350. The van der Waals surface area contributed by atoms with E-state index < -0.39 is 0 Å². The van der Waals surface area contributed by atoms with Crippen LogP contribution in [0.2, 0.25) is 0 Å². The number of carbonyl (C=O) groups excluding carboxylic acids is 1. The maximum Gasteiger partial charge on any atom is 0.257 e. The normalized spacial score (nSPS) is 11.9. The predicted molar refractivity (Wildman–Crippen MR) is 115 cm³/mol. The Morgan fingerprint density at radius 2 is 1.76 bits per heavy atom. The number of thioether (sulfide) groups is 1. The zero-order valence-corrected chi connectivity index (χ0v) is 16.7. The Bertz CT molecular complexity index is 1060. The van der Waals surface area contributed by atoms with E-state index in [0.29, 0.717) is 23.1 Å². The first kappa shape index (κ1) is 19.1. The number of nitrogens with zero attached hydrogens (tertiary/aromatic N) is 1. The van der Waals surface area contributed by atoms with Crippen LogP contribution in [0.25, 0.3) is 11.1 Å². The molecule has 0 saturated carbocycles. The van der Waals surface area contributed by atoms with Gasteiger partial charge in [-0.2, -0.15) is 0 Å². The molecule has 0 radical (unpaired) electrons. The molecule has 0 fully saturated rings. The fourth-order valence-corrected chi connectivity index (χ4v) is 3.48. The molecule has 0 aliphatic heterocycles. The Labute approximate surface area is 173 Å². The third-order valence-electron chi connectivity index (χ3n) is 4.29. The van der Waals surface area contributed by atoms with E-state index in [0.717, 1.165) is 16.8 Å². The van der Waals surface area contributed by atoms with E-state index in [-0.39, 0.29) is 11.2 Å². The second kappa shape index (κ2) is 8.84. The largest absolute Gasteiger partial charge is 0.489 e. The molecule has 1 N–H and O–H groups in total. The first-order valence-electron chi connectivity index (χ1n) is 9.27. The van der Waals surface area contributed by atoms with Gasteiger partial charge in [-0.3, -0.25) is 4.79 Å². The summed E-state index contributed by atoms with van der Waals surface area (Å²) in [6.45, 7) is 2.33. The number of oxazole rings is 1. The van der Waals surface area contributed by atoms with Crippen LogP contribution in [0.1, 0.15) is 12.5 Å². The Hall–Kier alpha value is -3.25. The highest BCUT2D eigenvalue weighted by molar-refractivity contribution is 8.00. The maximum absolute atomic E-state index is 12.5. The third kappa shape index (κ3) is 4.97. The van der Waals surface area contributed by atoms with Gasteiger partial charge < -0.3 is 14.5 Å². The van der Waals surface area contributed by atoms with Gasteiger partial charge in [-0.25, -0.2) is 4.98 Å². The topological polar surface area (TPSA) is 64.4 Å². The summed E-state index contributed by atoms with van der Waals surface area (Å²) >= 11 is 1.29. The smallest absolute Gasteiger partial charge is 0.257 e. The van der Waals surface area contributed by atoms with Gasteiger partial charge in [0.1, 0.15) is 17.9 Å². The summed E-state index contributed by atoms with van der Waals surface area (Å²) in [7, 11) is 0. The predicted octanol–water partition coefficient (Wildman–Crippen LogP) is 5.53. The number of hydrogen-bond acceptors (Lipinski definition) is 5. The Balaban J connectivity index is 1.31. The molecule has 4 aromatic rings. The quantitative estimate of drug-likeness (QED) is 0.411. The van der Waals surface area contributed by atoms with Crippen LogP contribution >= 0.6 is 11.8 Å². The number of nitrogens with one attached hydrogen (secondary N) is 1. The van der Waals surface area contributed by atoms with Gasteiger partial charge in [0, 0.05) is 5.69 Å². The molecule has 0 aliphatic carbocycles. The monoisotopic (exact) mass is 404 g/mol. The molecular weight excluding hydrogens is 384 g/mol. The van der Waals surface area contributed by atoms with Gasteiger partial charge in [0.05, 0.1) is 5.25 Å². The summed E-state index contributed by atoms with van der Waals surface area (Å²) in [6, 6.07) is 24.9. The van der Waals surface area contributed by atoms with Crippen LogP contribution in [0.3, 0.4) is 0 Å². The Morgan fingerprint density at radius 3 is 2.52 bits per heavy atom. The zero-order chi connectivity index (χ0) is 20.1. The number of hydrogen-bond donors (Lipinski definition) is 1. The summed E-state index contributed by atoms with van der Waals surface area (Å²) in [5, 5.41) is 3.05. The molecule has 1 heterocycles. The summed E-state index contributed by atoms with van der Waals surface area (Å²) < 4.78 is 11.4. The van der Waals surface area contributed by atoms with E-state index in [2.05, 4.69) is 10.3 Å². The standard InChI is InChI=1S/C23H20N2O3S/c1-16(29-23-25-20-9-5-6-10-21(20)28-23)22(26)24-18-11-13-19(14-12-18)27-15-17-7-3-2-4-8-17/h2-14,16H,15H2,1H3,(H,24,26)/t16-/m0/s1. The molecule has 4 rings (SSSR count). The molecular formula is C23H20N2O3S. The number of fused-ring (bicyclic) bond motifs is 1. The van der Waals surface area contributed by atoms with E-state index in [1.54, 1.807) is 0 Å². The van der Waals surface area contributed by atoms with Crippen molar-refractivity contribution in [2.24, 2.45) is 0 Å². The fourth-order valence-electron chi connectivity index (χ4n) is 2.73. The summed E-state index contributed by atoms with van der Waals surface area (Å²) in [6.07, 6.45) is 0. The molecule has 3 aromatic carbocycles. The highest BCUT2D eigenvalue weighted by atomic mass is 32.2. The highest BCUT2D eigenvalue weighted by Gasteiger charge is 2.18. The second-order valence-electron chi connectivity index (χ2n) is 6.50. The Kier molecular flexibility index (Phi) is 5.81. The molecule has 0 aliphatic rings. The van der Waals surface area contributed by atoms with Gasteiger partial charge in [-0.15, -0.1) is 0 Å². The molecule has 146 valence electrons. The second-order valence-corrected chi connectivity index (χ2v) is 7.79. The highest BCUT2D eigenvalue weighted by Crippen LogP contribution is 2.27. The van der Waals surface area contributed by atoms with Gasteiger partial charge in [0.25, 0.3) is 5.22 Å². The molecule has 0 unspecified atom stereocenters. The van der Waals surface area contributed by atoms with Crippen molar-refractivity contribution in [3.8, 4) is 5.75 Å². The molecule has 1 amide bonds. The van der Waals surface area contributed by atoms with E-state index in [4.69, 9.17) is 9.15 Å². The van der Waals surface area contributed by atoms with Crippen LogP contribution in [-0.4, -0.2) is 16.1 Å². The van der Waals surface area contributed by atoms with Crippen molar-refractivity contribution < 1.29 is 13.9 Å². The van der Waals surface area contributed by atoms with Crippen molar-refractivity contribution in [2.45, 2.75) is 24.0 Å². The van der Waals surface area contributed by atoms with Crippen LogP contribution in [-0.2, 0) is 11.4 Å².